The number of nitrogens with two attached hydrogens (primary N) is 1. The maximum atomic E-state index is 13.4. The average molecular weight is 291 g/mol. The summed E-state index contributed by atoms with van der Waals surface area (Å²) in [7, 11) is 1.53. The van der Waals surface area contributed by atoms with Crippen LogP contribution in [0.25, 0.3) is 0 Å². The van der Waals surface area contributed by atoms with Gasteiger partial charge in [-0.3, -0.25) is 9.69 Å². The molecule has 1 unspecified atom stereocenters. The molecule has 0 aliphatic carbocycles. The molecule has 1 aromatic rings. The summed E-state index contributed by atoms with van der Waals surface area (Å²) in [5.41, 5.74) is 5.52. The Hall–Kier alpha value is -1.97. The van der Waals surface area contributed by atoms with Crippen LogP contribution in [0.3, 0.4) is 0 Å². The highest BCUT2D eigenvalue weighted by atomic mass is 19.1. The SMILES string of the molecule is COCC1(C(N)=O)CCCN1Cc1ccc(F)c(C#N)c1. The maximum Gasteiger partial charge on any atom is 0.240 e. The van der Waals surface area contributed by atoms with Crippen molar-refractivity contribution in [2.45, 2.75) is 24.9 Å². The van der Waals surface area contributed by atoms with Gasteiger partial charge >= 0.3 is 0 Å². The highest BCUT2D eigenvalue weighted by molar-refractivity contribution is 5.85. The second-order valence-electron chi connectivity index (χ2n) is 5.28. The van der Waals surface area contributed by atoms with Crippen LogP contribution in [-0.4, -0.2) is 36.6 Å². The molecule has 1 aromatic carbocycles. The number of likely N-dealkylation sites (tertiary alicyclic amines) is 1. The smallest absolute Gasteiger partial charge is 0.240 e. The van der Waals surface area contributed by atoms with E-state index >= 15 is 0 Å². The molecule has 1 heterocycles. The van der Waals surface area contributed by atoms with Gasteiger partial charge < -0.3 is 10.5 Å². The third-order valence-electron chi connectivity index (χ3n) is 3.99. The average Bonchev–Trinajstić information content (AvgIpc) is 2.85. The van der Waals surface area contributed by atoms with E-state index in [2.05, 4.69) is 0 Å². The number of carbonyl (C=O) groups excluding carboxylic acids is 1. The van der Waals surface area contributed by atoms with E-state index in [-0.39, 0.29) is 12.2 Å². The summed E-state index contributed by atoms with van der Waals surface area (Å²) in [5, 5.41) is 8.88. The second-order valence-corrected chi connectivity index (χ2v) is 5.28. The van der Waals surface area contributed by atoms with Crippen molar-refractivity contribution in [2.24, 2.45) is 5.73 Å². The molecule has 1 aliphatic heterocycles. The number of methoxy groups -OCH3 is 1. The summed E-state index contributed by atoms with van der Waals surface area (Å²) >= 11 is 0. The number of nitriles is 1. The Morgan fingerprint density at radius 2 is 2.38 bits per heavy atom. The van der Waals surface area contributed by atoms with Crippen LogP contribution in [0.4, 0.5) is 4.39 Å². The van der Waals surface area contributed by atoms with Gasteiger partial charge in [0.2, 0.25) is 5.91 Å². The van der Waals surface area contributed by atoms with E-state index in [4.69, 9.17) is 15.7 Å². The van der Waals surface area contributed by atoms with Crippen molar-refractivity contribution in [1.29, 1.82) is 5.26 Å². The largest absolute Gasteiger partial charge is 0.382 e. The first-order chi connectivity index (χ1) is 10.0. The van der Waals surface area contributed by atoms with Gasteiger partial charge in [0.05, 0.1) is 12.2 Å². The number of primary amides is 1. The Kier molecular flexibility index (Phi) is 4.56. The van der Waals surface area contributed by atoms with Gasteiger partial charge in [0.25, 0.3) is 0 Å². The Morgan fingerprint density at radius 3 is 3.00 bits per heavy atom. The molecule has 0 bridgehead atoms. The summed E-state index contributed by atoms with van der Waals surface area (Å²) in [6, 6.07) is 6.21. The normalized spacial score (nSPS) is 22.1. The van der Waals surface area contributed by atoms with E-state index in [0.717, 1.165) is 12.0 Å². The Labute approximate surface area is 123 Å². The van der Waals surface area contributed by atoms with Gasteiger partial charge in [-0.15, -0.1) is 0 Å². The van der Waals surface area contributed by atoms with Crippen LogP contribution in [0.15, 0.2) is 18.2 Å². The fourth-order valence-electron chi connectivity index (χ4n) is 2.89. The molecule has 2 rings (SSSR count). The number of nitrogens with zero attached hydrogens (tertiary/aromatic N) is 2. The van der Waals surface area contributed by atoms with Crippen molar-refractivity contribution in [1.82, 2.24) is 4.90 Å². The Bertz CT molecular complexity index is 585. The molecule has 0 aromatic heterocycles. The molecule has 0 saturated carbocycles. The third kappa shape index (κ3) is 2.89. The zero-order valence-corrected chi connectivity index (χ0v) is 11.9. The fraction of sp³-hybridized carbons (Fsp3) is 0.467. The highest BCUT2D eigenvalue weighted by Crippen LogP contribution is 2.31. The molecule has 6 heteroatoms. The molecule has 5 nitrogen and oxygen atoms in total. The van der Waals surface area contributed by atoms with Crippen molar-refractivity contribution in [3.05, 3.63) is 35.1 Å². The van der Waals surface area contributed by atoms with Crippen LogP contribution < -0.4 is 5.73 Å². The molecule has 1 aliphatic rings. The summed E-state index contributed by atoms with van der Waals surface area (Å²) in [6.45, 7) is 1.38. The lowest BCUT2D eigenvalue weighted by Gasteiger charge is -2.35. The molecular weight excluding hydrogens is 273 g/mol. The van der Waals surface area contributed by atoms with Gasteiger partial charge in [0.15, 0.2) is 0 Å². The molecule has 0 spiro atoms. The van der Waals surface area contributed by atoms with E-state index in [1.165, 1.54) is 19.2 Å². The van der Waals surface area contributed by atoms with Crippen LogP contribution in [0, 0.1) is 17.1 Å². The number of hydrogen-bond donors (Lipinski definition) is 1. The number of hydrogen-bond acceptors (Lipinski definition) is 4. The van der Waals surface area contributed by atoms with Gasteiger partial charge in [-0.2, -0.15) is 5.26 Å². The minimum atomic E-state index is -0.823. The lowest BCUT2D eigenvalue weighted by atomic mass is 9.95. The van der Waals surface area contributed by atoms with Crippen molar-refractivity contribution in [2.75, 3.05) is 20.3 Å². The predicted molar refractivity (Wildman–Crippen MR) is 74.6 cm³/mol. The van der Waals surface area contributed by atoms with Crippen LogP contribution in [0.5, 0.6) is 0 Å². The zero-order chi connectivity index (χ0) is 15.5. The predicted octanol–water partition coefficient (Wildman–Crippen LogP) is 1.16. The molecule has 21 heavy (non-hydrogen) atoms. The lowest BCUT2D eigenvalue weighted by molar-refractivity contribution is -0.132. The Balaban J connectivity index is 2.25. The van der Waals surface area contributed by atoms with Crippen LogP contribution >= 0.6 is 0 Å². The van der Waals surface area contributed by atoms with E-state index < -0.39 is 17.3 Å². The second kappa shape index (κ2) is 6.20. The topological polar surface area (TPSA) is 79.3 Å². The summed E-state index contributed by atoms with van der Waals surface area (Å²) in [5.74, 6) is -0.954. The van der Waals surface area contributed by atoms with Gasteiger partial charge in [-0.25, -0.2) is 4.39 Å². The third-order valence-corrected chi connectivity index (χ3v) is 3.99. The van der Waals surface area contributed by atoms with Gasteiger partial charge in [0.1, 0.15) is 17.4 Å². The number of benzene rings is 1. The number of ether oxygens (including phenoxy) is 1. The van der Waals surface area contributed by atoms with Crippen molar-refractivity contribution < 1.29 is 13.9 Å². The molecule has 112 valence electrons. The fourth-order valence-corrected chi connectivity index (χ4v) is 2.89. The standard InChI is InChI=1S/C15H18FN3O2/c1-21-10-15(14(18)20)5-2-6-19(15)9-11-3-4-13(16)12(7-11)8-17/h3-4,7H,2,5-6,9-10H2,1H3,(H2,18,20). The first kappa shape index (κ1) is 15.4. The van der Waals surface area contributed by atoms with E-state index in [9.17, 15) is 9.18 Å². The lowest BCUT2D eigenvalue weighted by Crippen LogP contribution is -2.56. The molecule has 1 fully saturated rings. The summed E-state index contributed by atoms with van der Waals surface area (Å²) < 4.78 is 18.5. The summed E-state index contributed by atoms with van der Waals surface area (Å²) in [4.78, 5) is 13.8. The number of amides is 1. The van der Waals surface area contributed by atoms with Crippen molar-refractivity contribution >= 4 is 5.91 Å². The van der Waals surface area contributed by atoms with E-state index in [0.29, 0.717) is 19.5 Å². The van der Waals surface area contributed by atoms with Crippen molar-refractivity contribution in [3.8, 4) is 6.07 Å². The van der Waals surface area contributed by atoms with E-state index in [1.807, 2.05) is 11.0 Å². The quantitative estimate of drug-likeness (QED) is 0.883. The first-order valence-electron chi connectivity index (χ1n) is 6.76. The van der Waals surface area contributed by atoms with Crippen LogP contribution in [0.2, 0.25) is 0 Å². The molecule has 0 radical (unpaired) electrons. The first-order valence-corrected chi connectivity index (χ1v) is 6.76. The van der Waals surface area contributed by atoms with Gasteiger partial charge in [-0.1, -0.05) is 6.07 Å². The Morgan fingerprint density at radius 1 is 1.62 bits per heavy atom. The zero-order valence-electron chi connectivity index (χ0n) is 11.9. The molecule has 1 saturated heterocycles. The molecule has 1 atom stereocenters. The van der Waals surface area contributed by atoms with E-state index in [1.54, 1.807) is 6.07 Å². The van der Waals surface area contributed by atoms with Crippen molar-refractivity contribution in [3.63, 3.8) is 0 Å². The monoisotopic (exact) mass is 291 g/mol. The molecule has 1 amide bonds. The minimum absolute atomic E-state index is 0.00288. The number of carbonyl (C=O) groups is 1. The molecule has 2 N–H and O–H groups in total. The maximum absolute atomic E-state index is 13.4. The van der Waals surface area contributed by atoms with Crippen LogP contribution in [-0.2, 0) is 16.1 Å². The van der Waals surface area contributed by atoms with Gasteiger partial charge in [0, 0.05) is 13.7 Å². The highest BCUT2D eigenvalue weighted by Gasteiger charge is 2.46. The summed E-state index contributed by atoms with van der Waals surface area (Å²) in [6.07, 6.45) is 1.49. The number of rotatable bonds is 5. The molecular formula is C15H18FN3O2. The number of halogens is 1. The minimum Gasteiger partial charge on any atom is -0.382 e. The van der Waals surface area contributed by atoms with Crippen LogP contribution in [0.1, 0.15) is 24.0 Å². The van der Waals surface area contributed by atoms with Gasteiger partial charge in [-0.05, 0) is 37.1 Å².